The maximum absolute atomic E-state index is 13.0. The Hall–Kier alpha value is -2.82. The lowest BCUT2D eigenvalue weighted by Crippen LogP contribution is -2.38. The van der Waals surface area contributed by atoms with Crippen molar-refractivity contribution in [3.8, 4) is 5.75 Å². The van der Waals surface area contributed by atoms with Crippen LogP contribution in [0.5, 0.6) is 5.75 Å². The maximum atomic E-state index is 13.0. The summed E-state index contributed by atoms with van der Waals surface area (Å²) < 4.78 is 5.80. The molecule has 1 aliphatic rings. The summed E-state index contributed by atoms with van der Waals surface area (Å²) in [4.78, 5) is 27.6. The second-order valence-electron chi connectivity index (χ2n) is 8.49. The predicted octanol–water partition coefficient (Wildman–Crippen LogP) is 5.09. The lowest BCUT2D eigenvalue weighted by atomic mass is 9.98. The largest absolute Gasteiger partial charge is 0.481 e. The summed E-state index contributed by atoms with van der Waals surface area (Å²) in [6.07, 6.45) is 1.34. The number of nitrogens with zero attached hydrogens (tertiary/aromatic N) is 1. The third-order valence-electron chi connectivity index (χ3n) is 5.72. The number of rotatable bonds is 6. The molecular formula is C25H32N2O3. The van der Waals surface area contributed by atoms with Crippen molar-refractivity contribution in [3.63, 3.8) is 0 Å². The summed E-state index contributed by atoms with van der Waals surface area (Å²) in [6.45, 7) is 9.71. The number of carbonyl (C=O) groups excluding carboxylic acids is 2. The molecule has 160 valence electrons. The molecule has 1 aliphatic heterocycles. The Kier molecular flexibility index (Phi) is 7.14. The van der Waals surface area contributed by atoms with E-state index in [2.05, 4.69) is 26.1 Å². The molecule has 1 heterocycles. The van der Waals surface area contributed by atoms with Gasteiger partial charge >= 0.3 is 0 Å². The fourth-order valence-corrected chi connectivity index (χ4v) is 3.58. The number of hydrogen-bond acceptors (Lipinski definition) is 3. The van der Waals surface area contributed by atoms with Crippen LogP contribution in [0.4, 0.5) is 5.69 Å². The summed E-state index contributed by atoms with van der Waals surface area (Å²) in [5.74, 6) is 1.42. The zero-order valence-electron chi connectivity index (χ0n) is 18.4. The van der Waals surface area contributed by atoms with Gasteiger partial charge in [0, 0.05) is 13.1 Å². The number of piperidine rings is 1. The van der Waals surface area contributed by atoms with Crippen LogP contribution >= 0.6 is 0 Å². The van der Waals surface area contributed by atoms with E-state index in [1.54, 1.807) is 19.1 Å². The molecule has 30 heavy (non-hydrogen) atoms. The van der Waals surface area contributed by atoms with Gasteiger partial charge in [0.25, 0.3) is 11.8 Å². The normalized spacial score (nSPS) is 15.7. The first-order valence-corrected chi connectivity index (χ1v) is 10.8. The van der Waals surface area contributed by atoms with Crippen molar-refractivity contribution in [3.05, 3.63) is 59.7 Å². The number of benzene rings is 2. The molecule has 5 nitrogen and oxygen atoms in total. The highest BCUT2D eigenvalue weighted by molar-refractivity contribution is 6.04. The minimum atomic E-state index is -0.686. The summed E-state index contributed by atoms with van der Waals surface area (Å²) in [6, 6.07) is 15.0. The molecule has 0 bridgehead atoms. The van der Waals surface area contributed by atoms with E-state index in [-0.39, 0.29) is 11.8 Å². The van der Waals surface area contributed by atoms with Crippen molar-refractivity contribution in [1.82, 2.24) is 4.90 Å². The van der Waals surface area contributed by atoms with Crippen LogP contribution < -0.4 is 10.1 Å². The second kappa shape index (κ2) is 9.79. The van der Waals surface area contributed by atoms with Crippen molar-refractivity contribution >= 4 is 17.5 Å². The van der Waals surface area contributed by atoms with Gasteiger partial charge in [-0.1, -0.05) is 45.0 Å². The van der Waals surface area contributed by atoms with Crippen LogP contribution in [-0.2, 0) is 4.79 Å². The van der Waals surface area contributed by atoms with Gasteiger partial charge in [0.05, 0.1) is 11.3 Å². The molecule has 3 rings (SSSR count). The van der Waals surface area contributed by atoms with Crippen LogP contribution in [0.1, 0.15) is 62.4 Å². The van der Waals surface area contributed by atoms with E-state index < -0.39 is 6.10 Å². The predicted molar refractivity (Wildman–Crippen MR) is 120 cm³/mol. The number of para-hydroxylation sites is 1. The molecule has 1 N–H and O–H groups in total. The second-order valence-corrected chi connectivity index (χ2v) is 8.49. The summed E-state index contributed by atoms with van der Waals surface area (Å²) in [5, 5.41) is 2.88. The van der Waals surface area contributed by atoms with Crippen molar-refractivity contribution in [2.45, 2.75) is 52.6 Å². The average molecular weight is 409 g/mol. The van der Waals surface area contributed by atoms with Gasteiger partial charge in [-0.3, -0.25) is 9.59 Å². The average Bonchev–Trinajstić information content (AvgIpc) is 2.74. The monoisotopic (exact) mass is 408 g/mol. The van der Waals surface area contributed by atoms with Gasteiger partial charge in [-0.15, -0.1) is 0 Å². The molecule has 1 fully saturated rings. The van der Waals surface area contributed by atoms with Gasteiger partial charge in [-0.05, 0) is 61.4 Å². The van der Waals surface area contributed by atoms with Crippen molar-refractivity contribution in [2.75, 3.05) is 18.4 Å². The van der Waals surface area contributed by atoms with Crippen LogP contribution in [0.25, 0.3) is 0 Å². The Bertz CT molecular complexity index is 868. The molecule has 0 aliphatic carbocycles. The van der Waals surface area contributed by atoms with Crippen molar-refractivity contribution in [2.24, 2.45) is 5.92 Å². The lowest BCUT2D eigenvalue weighted by molar-refractivity contribution is -0.122. The van der Waals surface area contributed by atoms with E-state index in [0.717, 1.165) is 25.9 Å². The summed E-state index contributed by atoms with van der Waals surface area (Å²) >= 11 is 0. The third-order valence-corrected chi connectivity index (χ3v) is 5.72. The van der Waals surface area contributed by atoms with Crippen LogP contribution in [0, 0.1) is 5.92 Å². The van der Waals surface area contributed by atoms with Gasteiger partial charge < -0.3 is 15.0 Å². The van der Waals surface area contributed by atoms with Crippen LogP contribution in [0.2, 0.25) is 0 Å². The highest BCUT2D eigenvalue weighted by Gasteiger charge is 2.24. The maximum Gasteiger partial charge on any atom is 0.265 e. The zero-order chi connectivity index (χ0) is 21.7. The molecule has 0 spiro atoms. The Morgan fingerprint density at radius 1 is 1.00 bits per heavy atom. The number of likely N-dealkylation sites (tertiary alicyclic amines) is 1. The minimum Gasteiger partial charge on any atom is -0.481 e. The number of amides is 2. The zero-order valence-corrected chi connectivity index (χ0v) is 18.4. The first kappa shape index (κ1) is 21.9. The smallest absolute Gasteiger partial charge is 0.265 e. The highest BCUT2D eigenvalue weighted by atomic mass is 16.5. The van der Waals surface area contributed by atoms with Crippen LogP contribution in [-0.4, -0.2) is 35.9 Å². The van der Waals surface area contributed by atoms with Gasteiger partial charge in [0.2, 0.25) is 0 Å². The molecule has 0 aromatic heterocycles. The number of nitrogens with one attached hydrogen (secondary N) is 1. The van der Waals surface area contributed by atoms with Crippen LogP contribution in [0.3, 0.4) is 0 Å². The molecule has 0 saturated carbocycles. The topological polar surface area (TPSA) is 58.6 Å². The number of anilines is 1. The van der Waals surface area contributed by atoms with Gasteiger partial charge in [0.1, 0.15) is 5.75 Å². The number of carbonyl (C=O) groups is 2. The summed E-state index contributed by atoms with van der Waals surface area (Å²) in [5.41, 5.74) is 2.27. The quantitative estimate of drug-likeness (QED) is 0.724. The van der Waals surface area contributed by atoms with E-state index in [1.807, 2.05) is 41.3 Å². The Morgan fingerprint density at radius 3 is 2.27 bits per heavy atom. The molecule has 5 heteroatoms. The first-order chi connectivity index (χ1) is 14.3. The number of hydrogen-bond donors (Lipinski definition) is 1. The Balaban J connectivity index is 1.65. The standard InChI is InChI=1S/C25H32N2O3/c1-17(2)20-9-11-21(12-10-20)30-19(4)24(28)26-23-8-6-5-7-22(23)25(29)27-15-13-18(3)14-16-27/h5-12,17-19H,13-16H2,1-4H3,(H,26,28)/t19-/m0/s1. The Morgan fingerprint density at radius 2 is 1.63 bits per heavy atom. The SMILES string of the molecule is CC1CCN(C(=O)c2ccccc2NC(=O)[C@H](C)Oc2ccc(C(C)C)cc2)CC1. The van der Waals surface area contributed by atoms with Crippen molar-refractivity contribution in [1.29, 1.82) is 0 Å². The summed E-state index contributed by atoms with van der Waals surface area (Å²) in [7, 11) is 0. The molecule has 2 amide bonds. The fourth-order valence-electron chi connectivity index (χ4n) is 3.58. The Labute approximate surface area is 179 Å². The van der Waals surface area contributed by atoms with E-state index >= 15 is 0 Å². The molecular weight excluding hydrogens is 376 g/mol. The van der Waals surface area contributed by atoms with E-state index in [0.29, 0.717) is 28.8 Å². The fraction of sp³-hybridized carbons (Fsp3) is 0.440. The van der Waals surface area contributed by atoms with Gasteiger partial charge in [0.15, 0.2) is 6.10 Å². The highest BCUT2D eigenvalue weighted by Crippen LogP contribution is 2.23. The third kappa shape index (κ3) is 5.41. The van der Waals surface area contributed by atoms with Crippen molar-refractivity contribution < 1.29 is 14.3 Å². The molecule has 2 aromatic rings. The lowest BCUT2D eigenvalue weighted by Gasteiger charge is -2.31. The van der Waals surface area contributed by atoms with E-state index in [4.69, 9.17) is 4.74 Å². The van der Waals surface area contributed by atoms with Gasteiger partial charge in [-0.2, -0.15) is 0 Å². The molecule has 0 radical (unpaired) electrons. The van der Waals surface area contributed by atoms with E-state index in [9.17, 15) is 9.59 Å². The molecule has 0 unspecified atom stereocenters. The molecule has 2 aromatic carbocycles. The van der Waals surface area contributed by atoms with Gasteiger partial charge in [-0.25, -0.2) is 0 Å². The van der Waals surface area contributed by atoms with E-state index in [1.165, 1.54) is 5.56 Å². The van der Waals surface area contributed by atoms with Crippen LogP contribution in [0.15, 0.2) is 48.5 Å². The molecule has 1 saturated heterocycles. The molecule has 1 atom stereocenters. The minimum absolute atomic E-state index is 0.0318. The number of ether oxygens (including phenoxy) is 1. The first-order valence-electron chi connectivity index (χ1n) is 10.8.